The number of nitro groups is 1. The number of ketones is 1. The van der Waals surface area contributed by atoms with Crippen LogP contribution in [0.15, 0.2) is 48.0 Å². The summed E-state index contributed by atoms with van der Waals surface area (Å²) in [6.45, 7) is 8.02. The van der Waals surface area contributed by atoms with Crippen LogP contribution < -0.4 is 0 Å². The maximum atomic E-state index is 13.0. The van der Waals surface area contributed by atoms with Crippen LogP contribution in [0, 0.1) is 17.0 Å². The molecule has 3 rings (SSSR count). The number of nitro benzene ring substituents is 1. The van der Waals surface area contributed by atoms with Crippen molar-refractivity contribution in [1.82, 2.24) is 9.80 Å². The van der Waals surface area contributed by atoms with Crippen LogP contribution in [0.4, 0.5) is 5.69 Å². The number of likely N-dealkylation sites (tertiary alicyclic amines) is 1. The molecule has 2 N–H and O–H groups in total. The smallest absolute Gasteiger partial charge is 0.311 e. The lowest BCUT2D eigenvalue weighted by Gasteiger charge is -2.28. The zero-order valence-corrected chi connectivity index (χ0v) is 18.8. The molecule has 2 aromatic rings. The zero-order chi connectivity index (χ0) is 24.3. The third-order valence-corrected chi connectivity index (χ3v) is 5.93. The highest BCUT2D eigenvalue weighted by Gasteiger charge is 2.46. The first-order chi connectivity index (χ1) is 15.7. The van der Waals surface area contributed by atoms with E-state index >= 15 is 0 Å². The van der Waals surface area contributed by atoms with E-state index < -0.39 is 34.1 Å². The average Bonchev–Trinajstić information content (AvgIpc) is 3.05. The van der Waals surface area contributed by atoms with Crippen molar-refractivity contribution in [2.45, 2.75) is 26.8 Å². The van der Waals surface area contributed by atoms with E-state index in [2.05, 4.69) is 4.90 Å². The Morgan fingerprint density at radius 2 is 1.76 bits per heavy atom. The largest absolute Gasteiger partial charge is 0.507 e. The Labute approximate surface area is 191 Å². The summed E-state index contributed by atoms with van der Waals surface area (Å²) in [6, 6.07) is 9.52. The van der Waals surface area contributed by atoms with Crippen molar-refractivity contribution in [2.75, 3.05) is 26.2 Å². The molecule has 1 aliphatic heterocycles. The highest BCUT2D eigenvalue weighted by atomic mass is 16.6. The van der Waals surface area contributed by atoms with Crippen LogP contribution in [0.3, 0.4) is 0 Å². The van der Waals surface area contributed by atoms with E-state index in [1.54, 1.807) is 24.3 Å². The molecule has 1 unspecified atom stereocenters. The number of rotatable bonds is 8. The molecule has 0 aromatic heterocycles. The number of carbonyl (C=O) groups excluding carboxylic acids is 2. The van der Waals surface area contributed by atoms with E-state index in [1.807, 2.05) is 20.8 Å². The van der Waals surface area contributed by atoms with Crippen LogP contribution in [-0.4, -0.2) is 62.8 Å². The Morgan fingerprint density at radius 1 is 1.12 bits per heavy atom. The lowest BCUT2D eigenvalue weighted by molar-refractivity contribution is -0.385. The van der Waals surface area contributed by atoms with E-state index in [9.17, 15) is 29.9 Å². The maximum Gasteiger partial charge on any atom is 0.311 e. The number of aliphatic hydroxyl groups excluding tert-OH is 1. The van der Waals surface area contributed by atoms with E-state index in [0.717, 1.165) is 30.8 Å². The third kappa shape index (κ3) is 4.73. The van der Waals surface area contributed by atoms with Gasteiger partial charge in [-0.05, 0) is 31.6 Å². The van der Waals surface area contributed by atoms with E-state index in [1.165, 1.54) is 11.0 Å². The lowest BCUT2D eigenvalue weighted by atomic mass is 9.94. The lowest BCUT2D eigenvalue weighted by Crippen LogP contribution is -2.38. The van der Waals surface area contributed by atoms with Crippen molar-refractivity contribution in [3.63, 3.8) is 0 Å². The average molecular weight is 453 g/mol. The van der Waals surface area contributed by atoms with Gasteiger partial charge in [-0.3, -0.25) is 19.7 Å². The fourth-order valence-corrected chi connectivity index (χ4v) is 3.97. The van der Waals surface area contributed by atoms with Crippen molar-refractivity contribution >= 4 is 23.1 Å². The minimum absolute atomic E-state index is 0.136. The van der Waals surface area contributed by atoms with Gasteiger partial charge in [-0.15, -0.1) is 0 Å². The molecule has 0 aliphatic carbocycles. The van der Waals surface area contributed by atoms with Crippen LogP contribution in [0.1, 0.15) is 36.6 Å². The molecule has 0 bridgehead atoms. The Kier molecular flexibility index (Phi) is 7.13. The first kappa shape index (κ1) is 23.9. The predicted molar refractivity (Wildman–Crippen MR) is 123 cm³/mol. The van der Waals surface area contributed by atoms with E-state index in [4.69, 9.17) is 0 Å². The number of Topliss-reactive ketones (excluding diaryl/α,β-unsaturated/α-hetero) is 1. The Morgan fingerprint density at radius 3 is 2.33 bits per heavy atom. The number of aliphatic hydroxyl groups is 1. The molecular formula is C24H27N3O6. The highest BCUT2D eigenvalue weighted by Crippen LogP contribution is 2.41. The van der Waals surface area contributed by atoms with Crippen molar-refractivity contribution < 1.29 is 24.7 Å². The summed E-state index contributed by atoms with van der Waals surface area (Å²) >= 11 is 0. The second kappa shape index (κ2) is 9.83. The summed E-state index contributed by atoms with van der Waals surface area (Å²) in [5.74, 6) is -2.51. The minimum Gasteiger partial charge on any atom is -0.507 e. The number of amides is 1. The molecule has 1 aliphatic rings. The quantitative estimate of drug-likeness (QED) is 0.206. The number of benzene rings is 2. The zero-order valence-electron chi connectivity index (χ0n) is 18.8. The number of hydrogen-bond acceptors (Lipinski definition) is 7. The normalized spacial score (nSPS) is 17.7. The standard InChI is InChI=1S/C24H27N3O6/c1-4-25(5-2)12-13-26-21(17-10-11-19(28)18(14-17)27(32)33)20(23(30)24(26)31)22(29)16-8-6-15(3)7-9-16/h6-11,14,21,28-29H,4-5,12-13H2,1-3H3/b22-20-. The molecule has 0 saturated carbocycles. The molecule has 0 radical (unpaired) electrons. The Hall–Kier alpha value is -3.72. The predicted octanol–water partition coefficient (Wildman–Crippen LogP) is 3.37. The monoisotopic (exact) mass is 453 g/mol. The molecule has 1 heterocycles. The number of nitrogens with zero attached hydrogens (tertiary/aromatic N) is 3. The molecule has 0 spiro atoms. The molecule has 9 nitrogen and oxygen atoms in total. The molecule has 9 heteroatoms. The van der Waals surface area contributed by atoms with E-state index in [0.29, 0.717) is 12.1 Å². The minimum atomic E-state index is -1.03. The number of likely N-dealkylation sites (N-methyl/N-ethyl adjacent to an activating group) is 1. The van der Waals surface area contributed by atoms with Gasteiger partial charge in [0.1, 0.15) is 5.76 Å². The number of aromatic hydroxyl groups is 1. The van der Waals surface area contributed by atoms with Gasteiger partial charge in [-0.25, -0.2) is 0 Å². The van der Waals surface area contributed by atoms with Gasteiger partial charge < -0.3 is 20.0 Å². The van der Waals surface area contributed by atoms with Crippen molar-refractivity contribution in [2.24, 2.45) is 0 Å². The summed E-state index contributed by atoms with van der Waals surface area (Å²) in [5.41, 5.74) is 0.894. The van der Waals surface area contributed by atoms with Gasteiger partial charge in [-0.1, -0.05) is 49.7 Å². The topological polar surface area (TPSA) is 124 Å². The Balaban J connectivity index is 2.16. The molecule has 33 heavy (non-hydrogen) atoms. The van der Waals surface area contributed by atoms with Crippen molar-refractivity contribution in [3.8, 4) is 5.75 Å². The molecule has 1 fully saturated rings. The molecule has 2 aromatic carbocycles. The van der Waals surface area contributed by atoms with Gasteiger partial charge in [0.2, 0.25) is 0 Å². The maximum absolute atomic E-state index is 13.0. The van der Waals surface area contributed by atoms with Gasteiger partial charge in [0.05, 0.1) is 16.5 Å². The number of phenolic OH excluding ortho intramolecular Hbond substituents is 1. The van der Waals surface area contributed by atoms with Gasteiger partial charge >= 0.3 is 5.69 Å². The first-order valence-corrected chi connectivity index (χ1v) is 10.7. The molecule has 1 saturated heterocycles. The van der Waals surface area contributed by atoms with Crippen LogP contribution in [-0.2, 0) is 9.59 Å². The number of hydrogen-bond donors (Lipinski definition) is 2. The Bertz CT molecular complexity index is 1110. The van der Waals surface area contributed by atoms with Crippen molar-refractivity contribution in [3.05, 3.63) is 74.8 Å². The van der Waals surface area contributed by atoms with E-state index in [-0.39, 0.29) is 23.4 Å². The van der Waals surface area contributed by atoms with Crippen LogP contribution in [0.25, 0.3) is 5.76 Å². The van der Waals surface area contributed by atoms with Gasteiger partial charge in [0.25, 0.3) is 11.7 Å². The van der Waals surface area contributed by atoms with Gasteiger partial charge in [-0.2, -0.15) is 0 Å². The summed E-state index contributed by atoms with van der Waals surface area (Å²) in [7, 11) is 0. The second-order valence-electron chi connectivity index (χ2n) is 7.89. The van der Waals surface area contributed by atoms with Crippen molar-refractivity contribution in [1.29, 1.82) is 0 Å². The molecule has 1 amide bonds. The molecule has 174 valence electrons. The number of carbonyl (C=O) groups is 2. The van der Waals surface area contributed by atoms with Gasteiger partial charge in [0.15, 0.2) is 5.75 Å². The first-order valence-electron chi connectivity index (χ1n) is 10.7. The third-order valence-electron chi connectivity index (χ3n) is 5.93. The summed E-state index contributed by atoms with van der Waals surface area (Å²) in [5, 5.41) is 32.3. The second-order valence-corrected chi connectivity index (χ2v) is 7.89. The fraction of sp³-hybridized carbons (Fsp3) is 0.333. The molecule has 1 atom stereocenters. The van der Waals surface area contributed by atoms with Crippen LogP contribution in [0.2, 0.25) is 0 Å². The summed E-state index contributed by atoms with van der Waals surface area (Å²) in [6.07, 6.45) is 0. The summed E-state index contributed by atoms with van der Waals surface area (Å²) in [4.78, 5) is 40.1. The van der Waals surface area contributed by atoms with Gasteiger partial charge in [0, 0.05) is 24.7 Å². The molecular weight excluding hydrogens is 426 g/mol. The highest BCUT2D eigenvalue weighted by molar-refractivity contribution is 6.46. The van der Waals surface area contributed by atoms with Crippen LogP contribution >= 0.6 is 0 Å². The fourth-order valence-electron chi connectivity index (χ4n) is 3.97. The number of phenols is 1. The SMILES string of the molecule is CCN(CC)CCN1C(=O)C(=O)/C(=C(\O)c2ccc(C)cc2)C1c1ccc(O)c([N+](=O)[O-])c1. The number of aryl methyl sites for hydroxylation is 1. The van der Waals surface area contributed by atoms with Crippen LogP contribution in [0.5, 0.6) is 5.75 Å². The summed E-state index contributed by atoms with van der Waals surface area (Å²) < 4.78 is 0.